The summed E-state index contributed by atoms with van der Waals surface area (Å²) in [7, 11) is 1.55. The molecule has 39 heavy (non-hydrogen) atoms. The SMILES string of the molecule is CCCCN(CCN)C(=O)CN1C[C@H](c2cc(OC)c3c(c2)OCO3)C(C(=O)O)[C@@H]1CC(C)(C)C1OCCO1. The molecule has 2 saturated heterocycles. The summed E-state index contributed by atoms with van der Waals surface area (Å²) in [6.07, 6.45) is 1.89. The number of ether oxygens (including phenoxy) is 5. The molecule has 0 saturated carbocycles. The number of methoxy groups -OCH3 is 1. The van der Waals surface area contributed by atoms with Crippen molar-refractivity contribution >= 4 is 11.9 Å². The van der Waals surface area contributed by atoms with Crippen LogP contribution in [0.1, 0.15) is 51.5 Å². The van der Waals surface area contributed by atoms with E-state index in [9.17, 15) is 14.7 Å². The molecule has 0 spiro atoms. The van der Waals surface area contributed by atoms with E-state index in [2.05, 4.69) is 6.92 Å². The molecule has 4 rings (SSSR count). The Morgan fingerprint density at radius 3 is 2.59 bits per heavy atom. The number of hydrogen-bond donors (Lipinski definition) is 2. The fourth-order valence-electron chi connectivity index (χ4n) is 6.03. The maximum absolute atomic E-state index is 13.5. The molecule has 0 aromatic heterocycles. The molecule has 3 heterocycles. The second-order valence-electron chi connectivity index (χ2n) is 11.2. The summed E-state index contributed by atoms with van der Waals surface area (Å²) in [6.45, 7) is 9.21. The number of carboxylic acid groups (broad SMARTS) is 1. The van der Waals surface area contributed by atoms with E-state index in [0.717, 1.165) is 18.4 Å². The third-order valence-electron chi connectivity index (χ3n) is 8.01. The Morgan fingerprint density at radius 1 is 1.21 bits per heavy atom. The van der Waals surface area contributed by atoms with Crippen LogP contribution in [0, 0.1) is 11.3 Å². The first-order valence-corrected chi connectivity index (χ1v) is 13.9. The van der Waals surface area contributed by atoms with Crippen molar-refractivity contribution in [3.63, 3.8) is 0 Å². The average molecular weight is 550 g/mol. The molecule has 218 valence electrons. The normalized spacial score (nSPS) is 23.4. The molecule has 3 N–H and O–H groups in total. The van der Waals surface area contributed by atoms with Gasteiger partial charge in [0.15, 0.2) is 17.8 Å². The van der Waals surface area contributed by atoms with Gasteiger partial charge in [0, 0.05) is 43.6 Å². The number of nitrogens with two attached hydrogens (primary N) is 1. The van der Waals surface area contributed by atoms with Gasteiger partial charge in [0.2, 0.25) is 18.4 Å². The number of aliphatic carboxylic acids is 1. The number of amides is 1. The zero-order valence-electron chi connectivity index (χ0n) is 23.5. The van der Waals surface area contributed by atoms with E-state index in [1.54, 1.807) is 12.0 Å². The Labute approximate surface area is 230 Å². The van der Waals surface area contributed by atoms with Crippen molar-refractivity contribution in [1.82, 2.24) is 9.80 Å². The Bertz CT molecular complexity index is 1010. The van der Waals surface area contributed by atoms with E-state index in [1.165, 1.54) is 0 Å². The number of carbonyl (C=O) groups is 2. The zero-order valence-corrected chi connectivity index (χ0v) is 23.5. The second-order valence-corrected chi connectivity index (χ2v) is 11.2. The average Bonchev–Trinajstić information content (AvgIpc) is 3.66. The summed E-state index contributed by atoms with van der Waals surface area (Å²) in [6, 6.07) is 3.23. The molecule has 0 bridgehead atoms. The Hall–Kier alpha value is -2.60. The first-order valence-electron chi connectivity index (χ1n) is 13.9. The minimum absolute atomic E-state index is 0.0434. The molecular formula is C28H43N3O8. The molecule has 11 nitrogen and oxygen atoms in total. The number of hydrogen-bond acceptors (Lipinski definition) is 9. The molecule has 0 aliphatic carbocycles. The molecular weight excluding hydrogens is 506 g/mol. The highest BCUT2D eigenvalue weighted by atomic mass is 16.7. The van der Waals surface area contributed by atoms with Gasteiger partial charge in [-0.2, -0.15) is 0 Å². The Morgan fingerprint density at radius 2 is 1.95 bits per heavy atom. The molecule has 3 atom stereocenters. The molecule has 1 aromatic carbocycles. The predicted molar refractivity (Wildman–Crippen MR) is 143 cm³/mol. The van der Waals surface area contributed by atoms with E-state index in [-0.39, 0.29) is 19.2 Å². The molecule has 1 amide bonds. The van der Waals surface area contributed by atoms with E-state index in [1.807, 2.05) is 30.9 Å². The maximum Gasteiger partial charge on any atom is 0.308 e. The zero-order chi connectivity index (χ0) is 28.2. The number of rotatable bonds is 13. The molecule has 2 fully saturated rings. The number of likely N-dealkylation sites (tertiary alicyclic amines) is 1. The largest absolute Gasteiger partial charge is 0.493 e. The van der Waals surface area contributed by atoms with Gasteiger partial charge in [-0.25, -0.2) is 0 Å². The standard InChI is InChI=1S/C28H43N3O8/c1-5-6-8-30(9-7-29)23(32)16-31-15-19(18-12-21(35-4)25-22(13-18)38-17-39-25)24(26(33)34)20(31)14-28(2,3)27-36-10-11-37-27/h12-13,19-20,24,27H,5-11,14-17,29H2,1-4H3,(H,33,34)/t19-,20+,24?/m1/s1. The van der Waals surface area contributed by atoms with Crippen LogP contribution in [0.3, 0.4) is 0 Å². The van der Waals surface area contributed by atoms with Crippen LogP contribution in [0.2, 0.25) is 0 Å². The summed E-state index contributed by atoms with van der Waals surface area (Å²) in [5.41, 5.74) is 6.11. The van der Waals surface area contributed by atoms with Gasteiger partial charge >= 0.3 is 5.97 Å². The van der Waals surface area contributed by atoms with Crippen molar-refractivity contribution in [3.8, 4) is 17.2 Å². The van der Waals surface area contributed by atoms with Crippen molar-refractivity contribution in [2.75, 3.05) is 59.8 Å². The van der Waals surface area contributed by atoms with Crippen LogP contribution in [-0.4, -0.2) is 99.0 Å². The quantitative estimate of drug-likeness (QED) is 0.377. The second kappa shape index (κ2) is 12.7. The van der Waals surface area contributed by atoms with Gasteiger partial charge in [-0.3, -0.25) is 14.5 Å². The van der Waals surface area contributed by atoms with Crippen LogP contribution in [0.4, 0.5) is 0 Å². The highest BCUT2D eigenvalue weighted by Crippen LogP contribution is 2.48. The van der Waals surface area contributed by atoms with Gasteiger partial charge in [0.05, 0.1) is 32.8 Å². The highest BCUT2D eigenvalue weighted by Gasteiger charge is 2.51. The molecule has 3 aliphatic rings. The first kappa shape index (κ1) is 29.4. The lowest BCUT2D eigenvalue weighted by atomic mass is 9.77. The molecule has 1 aromatic rings. The summed E-state index contributed by atoms with van der Waals surface area (Å²) in [4.78, 5) is 30.2. The number of carbonyl (C=O) groups excluding carboxylic acids is 1. The summed E-state index contributed by atoms with van der Waals surface area (Å²) in [5.74, 6) is -0.590. The van der Waals surface area contributed by atoms with Crippen LogP contribution >= 0.6 is 0 Å². The van der Waals surface area contributed by atoms with Crippen LogP contribution in [0.5, 0.6) is 17.2 Å². The molecule has 1 unspecified atom stereocenters. The molecule has 0 radical (unpaired) electrons. The van der Waals surface area contributed by atoms with Crippen LogP contribution in [0.25, 0.3) is 0 Å². The van der Waals surface area contributed by atoms with Crippen LogP contribution in [0.15, 0.2) is 12.1 Å². The van der Waals surface area contributed by atoms with Gasteiger partial charge in [0.1, 0.15) is 0 Å². The third-order valence-corrected chi connectivity index (χ3v) is 8.01. The van der Waals surface area contributed by atoms with E-state index in [0.29, 0.717) is 63.1 Å². The predicted octanol–water partition coefficient (Wildman–Crippen LogP) is 2.27. The topological polar surface area (TPSA) is 133 Å². The Kier molecular flexibility index (Phi) is 9.58. The lowest BCUT2D eigenvalue weighted by Crippen LogP contribution is -2.48. The van der Waals surface area contributed by atoms with Gasteiger partial charge < -0.3 is 39.4 Å². The number of unbranched alkanes of at least 4 members (excludes halogenated alkanes) is 1. The fraction of sp³-hybridized carbons (Fsp3) is 0.714. The van der Waals surface area contributed by atoms with Crippen LogP contribution < -0.4 is 19.9 Å². The summed E-state index contributed by atoms with van der Waals surface area (Å²) in [5, 5.41) is 10.6. The number of carboxylic acids is 1. The van der Waals surface area contributed by atoms with Crippen molar-refractivity contribution < 1.29 is 38.4 Å². The van der Waals surface area contributed by atoms with Crippen molar-refractivity contribution in [3.05, 3.63) is 17.7 Å². The van der Waals surface area contributed by atoms with E-state index in [4.69, 9.17) is 29.4 Å². The van der Waals surface area contributed by atoms with Crippen LogP contribution in [-0.2, 0) is 19.1 Å². The van der Waals surface area contributed by atoms with E-state index < -0.39 is 35.6 Å². The third kappa shape index (κ3) is 6.42. The van der Waals surface area contributed by atoms with Crippen molar-refractivity contribution in [2.45, 2.75) is 58.3 Å². The fourth-order valence-corrected chi connectivity index (χ4v) is 6.03. The summed E-state index contributed by atoms with van der Waals surface area (Å²) >= 11 is 0. The number of nitrogens with zero attached hydrogens (tertiary/aromatic N) is 2. The minimum Gasteiger partial charge on any atom is -0.493 e. The molecule has 3 aliphatic heterocycles. The van der Waals surface area contributed by atoms with Gasteiger partial charge in [-0.05, 0) is 30.5 Å². The molecule has 11 heteroatoms. The number of benzene rings is 1. The highest BCUT2D eigenvalue weighted by molar-refractivity contribution is 5.79. The number of fused-ring (bicyclic) bond motifs is 1. The van der Waals surface area contributed by atoms with Crippen molar-refractivity contribution in [1.29, 1.82) is 0 Å². The Balaban J connectivity index is 1.67. The van der Waals surface area contributed by atoms with Gasteiger partial charge in [0.25, 0.3) is 0 Å². The first-order chi connectivity index (χ1) is 18.7. The smallest absolute Gasteiger partial charge is 0.308 e. The monoisotopic (exact) mass is 549 g/mol. The lowest BCUT2D eigenvalue weighted by molar-refractivity contribution is -0.148. The summed E-state index contributed by atoms with van der Waals surface area (Å²) < 4.78 is 28.4. The van der Waals surface area contributed by atoms with Crippen molar-refractivity contribution in [2.24, 2.45) is 17.1 Å². The van der Waals surface area contributed by atoms with Gasteiger partial charge in [-0.1, -0.05) is 27.2 Å². The minimum atomic E-state index is -0.912. The van der Waals surface area contributed by atoms with Gasteiger partial charge in [-0.15, -0.1) is 0 Å². The maximum atomic E-state index is 13.5. The van der Waals surface area contributed by atoms with E-state index >= 15 is 0 Å². The lowest BCUT2D eigenvalue weighted by Gasteiger charge is -2.37.